The van der Waals surface area contributed by atoms with Crippen molar-refractivity contribution in [2.75, 3.05) is 6.54 Å². The first kappa shape index (κ1) is 12.5. The van der Waals surface area contributed by atoms with E-state index in [0.29, 0.717) is 18.8 Å². The second-order valence-corrected chi connectivity index (χ2v) is 2.89. The zero-order chi connectivity index (χ0) is 10.8. The van der Waals surface area contributed by atoms with Crippen LogP contribution < -0.4 is 5.73 Å². The average Bonchev–Trinajstić information content (AvgIpc) is 2.18. The van der Waals surface area contributed by atoms with Crippen molar-refractivity contribution in [3.05, 3.63) is 17.5 Å². The molecule has 0 fully saturated rings. The smallest absolute Gasteiger partial charge is 0.119 e. The quantitative estimate of drug-likeness (QED) is 0.399. The van der Waals surface area contributed by atoms with Gasteiger partial charge in [0.2, 0.25) is 0 Å². The molecule has 0 spiro atoms. The molecule has 0 aliphatic carbocycles. The summed E-state index contributed by atoms with van der Waals surface area (Å²) in [6, 6.07) is 2.09. The predicted octanol–water partition coefficient (Wildman–Crippen LogP) is 2.38. The molecule has 0 bridgehead atoms. The van der Waals surface area contributed by atoms with Crippen molar-refractivity contribution >= 4 is 5.84 Å². The first-order valence-electron chi connectivity index (χ1n) is 4.79. The summed E-state index contributed by atoms with van der Waals surface area (Å²) in [6.07, 6.45) is 4.29. The third kappa shape index (κ3) is 5.20. The number of nitrogens with zero attached hydrogens (tertiary/aromatic N) is 2. The maximum Gasteiger partial charge on any atom is 0.119 e. The van der Waals surface area contributed by atoms with Crippen molar-refractivity contribution in [1.82, 2.24) is 0 Å². The molecule has 0 aliphatic rings. The SMILES string of the molecule is CCN=C(N)C(=C[NH-])CCCCC#N. The van der Waals surface area contributed by atoms with Gasteiger partial charge in [0.25, 0.3) is 0 Å². The summed E-state index contributed by atoms with van der Waals surface area (Å²) in [4.78, 5) is 4.04. The lowest BCUT2D eigenvalue weighted by Crippen LogP contribution is -2.15. The van der Waals surface area contributed by atoms with Crippen LogP contribution in [0.4, 0.5) is 0 Å². The van der Waals surface area contributed by atoms with Gasteiger partial charge in [-0.25, -0.2) is 0 Å². The van der Waals surface area contributed by atoms with Crippen LogP contribution in [0.1, 0.15) is 32.6 Å². The summed E-state index contributed by atoms with van der Waals surface area (Å²) in [6.45, 7) is 2.55. The molecule has 0 aliphatic heterocycles. The lowest BCUT2D eigenvalue weighted by atomic mass is 10.1. The molecule has 0 aromatic carbocycles. The number of hydrogen-bond donors (Lipinski definition) is 1. The van der Waals surface area contributed by atoms with Crippen LogP contribution in [0.25, 0.3) is 5.73 Å². The topological polar surface area (TPSA) is 86.0 Å². The number of nitrogens with one attached hydrogen (secondary N) is 1. The zero-order valence-corrected chi connectivity index (χ0v) is 8.58. The van der Waals surface area contributed by atoms with Crippen molar-refractivity contribution in [3.8, 4) is 6.07 Å². The van der Waals surface area contributed by atoms with Gasteiger partial charge in [0.05, 0.1) is 6.07 Å². The van der Waals surface area contributed by atoms with Crippen molar-refractivity contribution in [1.29, 1.82) is 5.26 Å². The van der Waals surface area contributed by atoms with Gasteiger partial charge in [0.1, 0.15) is 5.84 Å². The average molecular weight is 193 g/mol. The molecule has 0 heterocycles. The molecule has 0 rings (SSSR count). The van der Waals surface area contributed by atoms with E-state index in [4.69, 9.17) is 16.7 Å². The highest BCUT2D eigenvalue weighted by molar-refractivity contribution is 5.96. The molecular weight excluding hydrogens is 176 g/mol. The Kier molecular flexibility index (Phi) is 7.24. The first-order chi connectivity index (χ1) is 6.76. The Morgan fingerprint density at radius 1 is 1.57 bits per heavy atom. The number of nitriles is 1. The third-order valence-corrected chi connectivity index (χ3v) is 1.82. The molecule has 78 valence electrons. The van der Waals surface area contributed by atoms with Gasteiger partial charge in [-0.3, -0.25) is 4.99 Å². The van der Waals surface area contributed by atoms with Gasteiger partial charge in [-0.05, 0) is 31.8 Å². The Morgan fingerprint density at radius 3 is 2.79 bits per heavy atom. The van der Waals surface area contributed by atoms with E-state index < -0.39 is 0 Å². The molecule has 0 radical (unpaired) electrons. The molecule has 0 saturated carbocycles. The van der Waals surface area contributed by atoms with Crippen molar-refractivity contribution in [2.24, 2.45) is 10.7 Å². The predicted molar refractivity (Wildman–Crippen MR) is 58.6 cm³/mol. The highest BCUT2D eigenvalue weighted by Crippen LogP contribution is 2.09. The van der Waals surface area contributed by atoms with Crippen molar-refractivity contribution < 1.29 is 0 Å². The molecule has 0 amide bonds. The summed E-state index contributed by atoms with van der Waals surface area (Å²) in [5, 5.41) is 8.33. The zero-order valence-electron chi connectivity index (χ0n) is 8.58. The van der Waals surface area contributed by atoms with Crippen LogP contribution in [0, 0.1) is 11.3 Å². The van der Waals surface area contributed by atoms with E-state index in [1.807, 2.05) is 6.92 Å². The number of aliphatic imine (C=N–C) groups is 1. The fourth-order valence-electron chi connectivity index (χ4n) is 1.07. The number of nitrogens with two attached hydrogens (primary N) is 1. The van der Waals surface area contributed by atoms with Crippen LogP contribution in [0.5, 0.6) is 0 Å². The number of unbranched alkanes of at least 4 members (excludes halogenated alkanes) is 2. The van der Waals surface area contributed by atoms with Crippen molar-refractivity contribution in [2.45, 2.75) is 32.6 Å². The highest BCUT2D eigenvalue weighted by Gasteiger charge is 1.99. The molecule has 4 heteroatoms. The minimum atomic E-state index is 0.458. The highest BCUT2D eigenvalue weighted by atomic mass is 14.8. The Hall–Kier alpha value is -1.50. The van der Waals surface area contributed by atoms with Crippen molar-refractivity contribution in [3.63, 3.8) is 0 Å². The van der Waals surface area contributed by atoms with Gasteiger partial charge >= 0.3 is 0 Å². The largest absolute Gasteiger partial charge is 0.705 e. The van der Waals surface area contributed by atoms with E-state index in [2.05, 4.69) is 11.1 Å². The van der Waals surface area contributed by atoms with E-state index >= 15 is 0 Å². The Balaban J connectivity index is 3.94. The standard InChI is InChI=1S/C10H17N4/c1-2-14-10(13)9(8-12)6-4-3-5-7-11/h8,12H,2-6H2,1H3,(H2,13,14)/q-1. The summed E-state index contributed by atoms with van der Waals surface area (Å²) in [7, 11) is 0. The van der Waals surface area contributed by atoms with E-state index in [9.17, 15) is 0 Å². The Labute approximate surface area is 85.3 Å². The molecule has 3 N–H and O–H groups in total. The third-order valence-electron chi connectivity index (χ3n) is 1.82. The number of amidine groups is 1. The van der Waals surface area contributed by atoms with E-state index in [1.54, 1.807) is 0 Å². The van der Waals surface area contributed by atoms with Crippen LogP contribution in [-0.2, 0) is 0 Å². The molecule has 0 unspecified atom stereocenters. The fourth-order valence-corrected chi connectivity index (χ4v) is 1.07. The molecule has 14 heavy (non-hydrogen) atoms. The van der Waals surface area contributed by atoms with E-state index in [0.717, 1.165) is 24.8 Å². The number of hydrogen-bond acceptors (Lipinski definition) is 2. The van der Waals surface area contributed by atoms with Gasteiger partial charge in [-0.1, -0.05) is 0 Å². The molecule has 0 saturated heterocycles. The van der Waals surface area contributed by atoms with Gasteiger partial charge in [-0.15, -0.1) is 0 Å². The fraction of sp³-hybridized carbons (Fsp3) is 0.600. The molecule has 0 aromatic heterocycles. The Morgan fingerprint density at radius 2 is 2.29 bits per heavy atom. The monoisotopic (exact) mass is 193 g/mol. The normalized spacial score (nSPS) is 12.6. The van der Waals surface area contributed by atoms with Crippen LogP contribution in [0.3, 0.4) is 0 Å². The van der Waals surface area contributed by atoms with Crippen LogP contribution in [0.2, 0.25) is 0 Å². The molecule has 0 atom stereocenters. The molecular formula is C10H17N4-. The maximum atomic E-state index is 8.33. The van der Waals surface area contributed by atoms with Gasteiger partial charge in [0, 0.05) is 13.0 Å². The first-order valence-corrected chi connectivity index (χ1v) is 4.79. The van der Waals surface area contributed by atoms with E-state index in [-0.39, 0.29) is 0 Å². The number of rotatable bonds is 6. The molecule has 4 nitrogen and oxygen atoms in total. The lowest BCUT2D eigenvalue weighted by molar-refractivity contribution is 0.757. The van der Waals surface area contributed by atoms with Crippen LogP contribution in [0.15, 0.2) is 16.8 Å². The summed E-state index contributed by atoms with van der Waals surface area (Å²) >= 11 is 0. The maximum absolute atomic E-state index is 8.33. The van der Waals surface area contributed by atoms with Gasteiger partial charge in [-0.2, -0.15) is 11.5 Å². The second-order valence-electron chi connectivity index (χ2n) is 2.89. The van der Waals surface area contributed by atoms with E-state index in [1.165, 1.54) is 6.20 Å². The molecule has 0 aromatic rings. The minimum absolute atomic E-state index is 0.458. The van der Waals surface area contributed by atoms with Gasteiger partial charge in [0.15, 0.2) is 0 Å². The van der Waals surface area contributed by atoms with Crippen LogP contribution >= 0.6 is 0 Å². The summed E-state index contributed by atoms with van der Waals surface area (Å²) in [5.74, 6) is 0.458. The minimum Gasteiger partial charge on any atom is -0.705 e. The lowest BCUT2D eigenvalue weighted by Gasteiger charge is -2.07. The van der Waals surface area contributed by atoms with Crippen LogP contribution in [-0.4, -0.2) is 12.4 Å². The van der Waals surface area contributed by atoms with Gasteiger partial charge < -0.3 is 11.5 Å². The summed E-state index contributed by atoms with van der Waals surface area (Å²) in [5.41, 5.74) is 13.6. The second kappa shape index (κ2) is 8.11. The Bertz CT molecular complexity index is 247. The summed E-state index contributed by atoms with van der Waals surface area (Å²) < 4.78 is 0.